The maximum absolute atomic E-state index is 6.27. The Morgan fingerprint density at radius 2 is 1.41 bits per heavy atom. The predicted molar refractivity (Wildman–Crippen MR) is 114 cm³/mol. The molecule has 1 aromatic heterocycles. The van der Waals surface area contributed by atoms with Crippen LogP contribution in [-0.2, 0) is 0 Å². The van der Waals surface area contributed by atoms with Crippen LogP contribution in [0.2, 0.25) is 5.15 Å². The number of rotatable bonds is 4. The Morgan fingerprint density at radius 1 is 0.704 bits per heavy atom. The second-order valence-corrected chi connectivity index (χ2v) is 6.51. The number of pyridine rings is 1. The Labute approximate surface area is 163 Å². The quantitative estimate of drug-likeness (QED) is 0.322. The summed E-state index contributed by atoms with van der Waals surface area (Å²) in [7, 11) is 0. The first-order valence-electron chi connectivity index (χ1n) is 8.65. The number of halogens is 1. The summed E-state index contributed by atoms with van der Waals surface area (Å²) in [6.45, 7) is 0. The normalized spacial score (nSPS) is 10.6. The topological polar surface area (TPSA) is 50.9 Å². The number of nitrogens with one attached hydrogen (secondary N) is 1. The van der Waals surface area contributed by atoms with Gasteiger partial charge in [0.1, 0.15) is 0 Å². The Kier molecular flexibility index (Phi) is 4.77. The van der Waals surface area contributed by atoms with Crippen LogP contribution in [0.1, 0.15) is 0 Å². The van der Waals surface area contributed by atoms with Crippen molar-refractivity contribution in [2.24, 2.45) is 0 Å². The number of para-hydroxylation sites is 1. The second-order valence-electron chi connectivity index (χ2n) is 6.15. The molecule has 0 bridgehead atoms. The Hall–Kier alpha value is -3.30. The van der Waals surface area contributed by atoms with Gasteiger partial charge in [0.05, 0.1) is 5.69 Å². The minimum atomic E-state index is 0.432. The van der Waals surface area contributed by atoms with E-state index < -0.39 is 0 Å². The van der Waals surface area contributed by atoms with Gasteiger partial charge in [-0.15, -0.1) is 0 Å². The second kappa shape index (κ2) is 7.52. The molecule has 1 heterocycles. The highest BCUT2D eigenvalue weighted by molar-refractivity contribution is 6.32. The summed E-state index contributed by atoms with van der Waals surface area (Å²) in [4.78, 5) is 4.16. The molecule has 3 nitrogen and oxygen atoms in total. The fraction of sp³-hybridized carbons (Fsp3) is 0. The van der Waals surface area contributed by atoms with Crippen molar-refractivity contribution in [3.63, 3.8) is 0 Å². The van der Waals surface area contributed by atoms with E-state index in [1.807, 2.05) is 66.7 Å². The van der Waals surface area contributed by atoms with Gasteiger partial charge in [0.25, 0.3) is 0 Å². The van der Waals surface area contributed by atoms with Crippen LogP contribution in [0.15, 0.2) is 91.1 Å². The first-order valence-corrected chi connectivity index (χ1v) is 9.02. The maximum atomic E-state index is 6.27. The van der Waals surface area contributed by atoms with Crippen LogP contribution >= 0.6 is 11.6 Å². The molecule has 27 heavy (non-hydrogen) atoms. The third-order valence-electron chi connectivity index (χ3n) is 4.41. The third kappa shape index (κ3) is 3.50. The van der Waals surface area contributed by atoms with Gasteiger partial charge in [-0.25, -0.2) is 4.98 Å². The smallest absolute Gasteiger partial charge is 0.152 e. The van der Waals surface area contributed by atoms with Crippen molar-refractivity contribution in [1.82, 2.24) is 4.98 Å². The van der Waals surface area contributed by atoms with Gasteiger partial charge in [0.15, 0.2) is 5.15 Å². The number of nitrogen functional groups attached to an aromatic ring is 1. The van der Waals surface area contributed by atoms with Gasteiger partial charge in [-0.2, -0.15) is 0 Å². The highest BCUT2D eigenvalue weighted by atomic mass is 35.5. The van der Waals surface area contributed by atoms with Crippen LogP contribution in [0, 0.1) is 0 Å². The molecule has 0 aliphatic carbocycles. The Balaban J connectivity index is 1.93. The molecule has 0 fully saturated rings. The van der Waals surface area contributed by atoms with E-state index in [0.29, 0.717) is 5.15 Å². The van der Waals surface area contributed by atoms with Crippen LogP contribution in [0.3, 0.4) is 0 Å². The van der Waals surface area contributed by atoms with Gasteiger partial charge in [0, 0.05) is 28.7 Å². The predicted octanol–water partition coefficient (Wildman–Crippen LogP) is 6.39. The minimum Gasteiger partial charge on any atom is -0.398 e. The van der Waals surface area contributed by atoms with Crippen molar-refractivity contribution in [2.75, 3.05) is 11.1 Å². The van der Waals surface area contributed by atoms with Gasteiger partial charge in [-0.05, 0) is 35.4 Å². The molecular formula is C23H18ClN3. The van der Waals surface area contributed by atoms with E-state index in [4.69, 9.17) is 17.3 Å². The number of aromatic nitrogens is 1. The highest BCUT2D eigenvalue weighted by Crippen LogP contribution is 2.41. The molecule has 0 aliphatic rings. The molecule has 3 aromatic carbocycles. The molecular weight excluding hydrogens is 354 g/mol. The summed E-state index contributed by atoms with van der Waals surface area (Å²) < 4.78 is 0. The van der Waals surface area contributed by atoms with Gasteiger partial charge in [-0.3, -0.25) is 0 Å². The first kappa shape index (κ1) is 17.1. The molecule has 4 rings (SSSR count). The summed E-state index contributed by atoms with van der Waals surface area (Å²) >= 11 is 6.26. The molecule has 4 aromatic rings. The zero-order valence-electron chi connectivity index (χ0n) is 14.6. The molecule has 0 saturated heterocycles. The van der Waals surface area contributed by atoms with Crippen molar-refractivity contribution in [3.8, 4) is 22.3 Å². The largest absolute Gasteiger partial charge is 0.398 e. The number of hydrogen-bond donors (Lipinski definition) is 2. The minimum absolute atomic E-state index is 0.432. The molecule has 0 spiro atoms. The van der Waals surface area contributed by atoms with Gasteiger partial charge >= 0.3 is 0 Å². The average molecular weight is 372 g/mol. The summed E-state index contributed by atoms with van der Waals surface area (Å²) in [5, 5.41) is 3.87. The zero-order valence-corrected chi connectivity index (χ0v) is 15.3. The van der Waals surface area contributed by atoms with E-state index in [-0.39, 0.29) is 0 Å². The lowest BCUT2D eigenvalue weighted by Gasteiger charge is -2.18. The number of benzene rings is 3. The lowest BCUT2D eigenvalue weighted by Crippen LogP contribution is -1.98. The van der Waals surface area contributed by atoms with Crippen LogP contribution in [0.5, 0.6) is 0 Å². The highest BCUT2D eigenvalue weighted by Gasteiger charge is 2.15. The van der Waals surface area contributed by atoms with Crippen molar-refractivity contribution in [2.45, 2.75) is 0 Å². The zero-order chi connectivity index (χ0) is 18.6. The van der Waals surface area contributed by atoms with Gasteiger partial charge in [0.2, 0.25) is 0 Å². The molecule has 4 heteroatoms. The van der Waals surface area contributed by atoms with Crippen LogP contribution < -0.4 is 11.1 Å². The number of nitrogens with zero attached hydrogens (tertiary/aromatic N) is 1. The molecule has 3 N–H and O–H groups in total. The molecule has 0 unspecified atom stereocenters. The molecule has 132 valence electrons. The molecule has 0 saturated carbocycles. The maximum Gasteiger partial charge on any atom is 0.152 e. The van der Waals surface area contributed by atoms with E-state index in [9.17, 15) is 0 Å². The lowest BCUT2D eigenvalue weighted by atomic mass is 9.92. The summed E-state index contributed by atoms with van der Waals surface area (Å²) in [6, 6.07) is 28.1. The number of nitrogens with two attached hydrogens (primary N) is 1. The van der Waals surface area contributed by atoms with Crippen molar-refractivity contribution >= 4 is 28.7 Å². The molecule has 0 radical (unpaired) electrons. The Bertz CT molecular complexity index is 1080. The number of hydrogen-bond acceptors (Lipinski definition) is 3. The SMILES string of the molecule is Nc1ccccc1-c1cccc(Nc2cccnc2Cl)c1-c1ccccc1. The monoisotopic (exact) mass is 371 g/mol. The lowest BCUT2D eigenvalue weighted by molar-refractivity contribution is 1.32. The fourth-order valence-electron chi connectivity index (χ4n) is 3.16. The number of anilines is 3. The van der Waals surface area contributed by atoms with E-state index in [0.717, 1.165) is 39.3 Å². The van der Waals surface area contributed by atoms with Crippen LogP contribution in [0.25, 0.3) is 22.3 Å². The third-order valence-corrected chi connectivity index (χ3v) is 4.71. The molecule has 0 amide bonds. The first-order chi connectivity index (χ1) is 13.2. The molecule has 0 aliphatic heterocycles. The van der Waals surface area contributed by atoms with Gasteiger partial charge < -0.3 is 11.1 Å². The van der Waals surface area contributed by atoms with Crippen molar-refractivity contribution in [3.05, 3.63) is 96.3 Å². The Morgan fingerprint density at radius 3 is 2.19 bits per heavy atom. The van der Waals surface area contributed by atoms with Crippen molar-refractivity contribution < 1.29 is 0 Å². The summed E-state index contributed by atoms with van der Waals surface area (Å²) in [6.07, 6.45) is 1.67. The van der Waals surface area contributed by atoms with E-state index >= 15 is 0 Å². The molecule has 0 atom stereocenters. The summed E-state index contributed by atoms with van der Waals surface area (Å²) in [5.41, 5.74) is 12.9. The van der Waals surface area contributed by atoms with Crippen molar-refractivity contribution in [1.29, 1.82) is 0 Å². The summed E-state index contributed by atoms with van der Waals surface area (Å²) in [5.74, 6) is 0. The van der Waals surface area contributed by atoms with E-state index in [1.165, 1.54) is 0 Å². The van der Waals surface area contributed by atoms with E-state index in [1.54, 1.807) is 6.20 Å². The standard InChI is InChI=1S/C23H18ClN3/c24-23-21(14-7-15-26-23)27-20-13-6-11-18(17-10-4-5-12-19(17)25)22(20)16-8-2-1-3-9-16/h1-15,27H,25H2. The van der Waals surface area contributed by atoms with E-state index in [2.05, 4.69) is 28.5 Å². The average Bonchev–Trinajstić information content (AvgIpc) is 2.71. The van der Waals surface area contributed by atoms with Gasteiger partial charge in [-0.1, -0.05) is 72.3 Å². The van der Waals surface area contributed by atoms with Crippen LogP contribution in [0.4, 0.5) is 17.1 Å². The fourth-order valence-corrected chi connectivity index (χ4v) is 3.33. The van der Waals surface area contributed by atoms with Crippen LogP contribution in [-0.4, -0.2) is 4.98 Å².